The van der Waals surface area contributed by atoms with Crippen molar-refractivity contribution in [3.63, 3.8) is 0 Å². The van der Waals surface area contributed by atoms with Gasteiger partial charge < -0.3 is 19.4 Å². The van der Waals surface area contributed by atoms with Crippen molar-refractivity contribution in [2.45, 2.75) is 26.0 Å². The highest BCUT2D eigenvalue weighted by atomic mass is 16.5. The maximum absolute atomic E-state index is 12.4. The number of ether oxygens (including phenoxy) is 2. The first-order chi connectivity index (χ1) is 11.2. The van der Waals surface area contributed by atoms with E-state index in [0.29, 0.717) is 37.7 Å². The number of amides is 1. The number of nitrogens with one attached hydrogen (secondary N) is 1. The SMILES string of the molecule is Cc1nccn1CCNC(=O)c1cccnc1O[C@@H]1CCOC1. The smallest absolute Gasteiger partial charge is 0.256 e. The molecule has 3 heterocycles. The predicted octanol–water partition coefficient (Wildman–Crippen LogP) is 1.18. The monoisotopic (exact) mass is 316 g/mol. The number of nitrogens with zero attached hydrogens (tertiary/aromatic N) is 3. The summed E-state index contributed by atoms with van der Waals surface area (Å²) in [6.07, 6.45) is 6.03. The van der Waals surface area contributed by atoms with Crippen molar-refractivity contribution in [1.29, 1.82) is 0 Å². The summed E-state index contributed by atoms with van der Waals surface area (Å²) in [7, 11) is 0. The molecule has 0 aromatic carbocycles. The van der Waals surface area contributed by atoms with Gasteiger partial charge in [0.25, 0.3) is 5.91 Å². The Hall–Kier alpha value is -2.41. The third-order valence-corrected chi connectivity index (χ3v) is 3.74. The van der Waals surface area contributed by atoms with E-state index in [1.54, 1.807) is 24.5 Å². The van der Waals surface area contributed by atoms with Crippen molar-refractivity contribution in [3.8, 4) is 5.88 Å². The van der Waals surface area contributed by atoms with Gasteiger partial charge in [-0.2, -0.15) is 0 Å². The molecular formula is C16H20N4O3. The molecule has 1 atom stereocenters. The zero-order chi connectivity index (χ0) is 16.1. The summed E-state index contributed by atoms with van der Waals surface area (Å²) in [5.74, 6) is 1.09. The minimum Gasteiger partial charge on any atom is -0.471 e. The molecule has 1 amide bonds. The molecule has 0 spiro atoms. The van der Waals surface area contributed by atoms with Crippen LogP contribution in [0.15, 0.2) is 30.7 Å². The number of imidazole rings is 1. The van der Waals surface area contributed by atoms with Crippen LogP contribution in [0.2, 0.25) is 0 Å². The summed E-state index contributed by atoms with van der Waals surface area (Å²) >= 11 is 0. The summed E-state index contributed by atoms with van der Waals surface area (Å²) in [6.45, 7) is 4.33. The van der Waals surface area contributed by atoms with Crippen molar-refractivity contribution < 1.29 is 14.3 Å². The normalized spacial score (nSPS) is 17.2. The molecule has 122 valence electrons. The average molecular weight is 316 g/mol. The molecule has 3 rings (SSSR count). The molecule has 1 N–H and O–H groups in total. The van der Waals surface area contributed by atoms with Crippen molar-refractivity contribution >= 4 is 5.91 Å². The second-order valence-corrected chi connectivity index (χ2v) is 5.38. The highest BCUT2D eigenvalue weighted by molar-refractivity contribution is 5.96. The minimum atomic E-state index is -0.190. The lowest BCUT2D eigenvalue weighted by atomic mass is 10.2. The van der Waals surface area contributed by atoms with Crippen LogP contribution in [0.25, 0.3) is 0 Å². The number of pyridine rings is 1. The van der Waals surface area contributed by atoms with E-state index < -0.39 is 0 Å². The summed E-state index contributed by atoms with van der Waals surface area (Å²) < 4.78 is 13.1. The van der Waals surface area contributed by atoms with Crippen LogP contribution in [-0.2, 0) is 11.3 Å². The number of carbonyl (C=O) groups is 1. The van der Waals surface area contributed by atoms with E-state index in [0.717, 1.165) is 12.2 Å². The van der Waals surface area contributed by atoms with Crippen LogP contribution in [0, 0.1) is 6.92 Å². The number of rotatable bonds is 6. The van der Waals surface area contributed by atoms with E-state index >= 15 is 0 Å². The third-order valence-electron chi connectivity index (χ3n) is 3.74. The molecule has 7 nitrogen and oxygen atoms in total. The topological polar surface area (TPSA) is 78.3 Å². The van der Waals surface area contributed by atoms with E-state index in [1.807, 2.05) is 17.7 Å². The first-order valence-electron chi connectivity index (χ1n) is 7.69. The number of hydrogen-bond acceptors (Lipinski definition) is 5. The summed E-state index contributed by atoms with van der Waals surface area (Å²) in [6, 6.07) is 3.45. The van der Waals surface area contributed by atoms with Crippen LogP contribution in [-0.4, -0.2) is 46.3 Å². The van der Waals surface area contributed by atoms with E-state index in [4.69, 9.17) is 9.47 Å². The highest BCUT2D eigenvalue weighted by Gasteiger charge is 2.21. The Morgan fingerprint density at radius 2 is 2.39 bits per heavy atom. The van der Waals surface area contributed by atoms with Gasteiger partial charge in [0.2, 0.25) is 5.88 Å². The van der Waals surface area contributed by atoms with Gasteiger partial charge in [0.1, 0.15) is 17.5 Å². The number of carbonyl (C=O) groups excluding carboxylic acids is 1. The second-order valence-electron chi connectivity index (χ2n) is 5.38. The van der Waals surface area contributed by atoms with Crippen LogP contribution < -0.4 is 10.1 Å². The molecule has 7 heteroatoms. The van der Waals surface area contributed by atoms with Crippen molar-refractivity contribution in [1.82, 2.24) is 19.9 Å². The lowest BCUT2D eigenvalue weighted by Crippen LogP contribution is -2.28. The molecular weight excluding hydrogens is 296 g/mol. The third kappa shape index (κ3) is 3.87. The zero-order valence-corrected chi connectivity index (χ0v) is 13.1. The Morgan fingerprint density at radius 1 is 1.48 bits per heavy atom. The van der Waals surface area contributed by atoms with E-state index in [1.165, 1.54) is 0 Å². The highest BCUT2D eigenvalue weighted by Crippen LogP contribution is 2.19. The first-order valence-corrected chi connectivity index (χ1v) is 7.69. The number of hydrogen-bond donors (Lipinski definition) is 1. The van der Waals surface area contributed by atoms with Crippen LogP contribution in [0.1, 0.15) is 22.6 Å². The zero-order valence-electron chi connectivity index (χ0n) is 13.1. The average Bonchev–Trinajstić information content (AvgIpc) is 3.20. The Labute approximate surface area is 134 Å². The van der Waals surface area contributed by atoms with Gasteiger partial charge in [-0.1, -0.05) is 0 Å². The van der Waals surface area contributed by atoms with Gasteiger partial charge >= 0.3 is 0 Å². The van der Waals surface area contributed by atoms with Gasteiger partial charge in [-0.25, -0.2) is 9.97 Å². The van der Waals surface area contributed by atoms with E-state index in [2.05, 4.69) is 15.3 Å². The largest absolute Gasteiger partial charge is 0.471 e. The fraction of sp³-hybridized carbons (Fsp3) is 0.438. The quantitative estimate of drug-likeness (QED) is 0.866. The molecule has 23 heavy (non-hydrogen) atoms. The summed E-state index contributed by atoms with van der Waals surface area (Å²) in [5, 5.41) is 2.89. The molecule has 0 aliphatic carbocycles. The Balaban J connectivity index is 1.59. The van der Waals surface area contributed by atoms with Crippen LogP contribution in [0.5, 0.6) is 5.88 Å². The molecule has 0 radical (unpaired) electrons. The number of aromatic nitrogens is 3. The van der Waals surface area contributed by atoms with Crippen molar-refractivity contribution in [2.24, 2.45) is 0 Å². The molecule has 2 aromatic heterocycles. The van der Waals surface area contributed by atoms with Gasteiger partial charge in [0, 0.05) is 38.1 Å². The van der Waals surface area contributed by atoms with Crippen LogP contribution in [0.4, 0.5) is 0 Å². The number of aryl methyl sites for hydroxylation is 1. The lowest BCUT2D eigenvalue weighted by Gasteiger charge is -2.14. The van der Waals surface area contributed by atoms with Gasteiger partial charge in [0.15, 0.2) is 0 Å². The van der Waals surface area contributed by atoms with Gasteiger partial charge in [-0.3, -0.25) is 4.79 Å². The van der Waals surface area contributed by atoms with E-state index in [-0.39, 0.29) is 12.0 Å². The molecule has 1 fully saturated rings. The summed E-state index contributed by atoms with van der Waals surface area (Å²) in [5.41, 5.74) is 0.446. The Kier molecular flexibility index (Phi) is 4.87. The maximum Gasteiger partial charge on any atom is 0.256 e. The first kappa shape index (κ1) is 15.5. The fourth-order valence-electron chi connectivity index (χ4n) is 2.45. The Morgan fingerprint density at radius 3 is 3.13 bits per heavy atom. The van der Waals surface area contributed by atoms with Crippen LogP contribution >= 0.6 is 0 Å². The van der Waals surface area contributed by atoms with Gasteiger partial charge in [-0.15, -0.1) is 0 Å². The molecule has 1 aliphatic heterocycles. The van der Waals surface area contributed by atoms with Crippen molar-refractivity contribution in [2.75, 3.05) is 19.8 Å². The minimum absolute atomic E-state index is 0.0370. The molecule has 0 bridgehead atoms. The molecule has 1 saturated heterocycles. The summed E-state index contributed by atoms with van der Waals surface area (Å²) in [4.78, 5) is 20.7. The molecule has 1 aliphatic rings. The van der Waals surface area contributed by atoms with E-state index in [9.17, 15) is 4.79 Å². The van der Waals surface area contributed by atoms with Gasteiger partial charge in [-0.05, 0) is 19.1 Å². The fourth-order valence-corrected chi connectivity index (χ4v) is 2.45. The standard InChI is InChI=1S/C16H20N4O3/c1-12-17-6-8-20(12)9-7-18-15(21)14-3-2-5-19-16(14)23-13-4-10-22-11-13/h2-3,5-6,8,13H,4,7,9-11H2,1H3,(H,18,21)/t13-/m1/s1. The lowest BCUT2D eigenvalue weighted by molar-refractivity contribution is 0.0939. The maximum atomic E-state index is 12.4. The van der Waals surface area contributed by atoms with Crippen LogP contribution in [0.3, 0.4) is 0 Å². The second kappa shape index (κ2) is 7.23. The van der Waals surface area contributed by atoms with Gasteiger partial charge in [0.05, 0.1) is 13.2 Å². The Bertz CT molecular complexity index is 665. The molecule has 0 unspecified atom stereocenters. The molecule has 0 saturated carbocycles. The molecule has 2 aromatic rings. The predicted molar refractivity (Wildman–Crippen MR) is 83.4 cm³/mol. The van der Waals surface area contributed by atoms with Crippen molar-refractivity contribution in [3.05, 3.63) is 42.1 Å².